The number of carboxylic acids is 2. The van der Waals surface area contributed by atoms with Crippen LogP contribution in [-0.4, -0.2) is 80.1 Å². The molecule has 0 aliphatic carbocycles. The Kier molecular flexibility index (Phi) is 9.67. The van der Waals surface area contributed by atoms with Crippen LogP contribution in [0.5, 0.6) is 5.75 Å². The van der Waals surface area contributed by atoms with Crippen LogP contribution >= 0.6 is 11.6 Å². The monoisotopic (exact) mass is 712 g/mol. The number of carbonyl (C=O) groups excluding carboxylic acids is 2. The molecule has 17 nitrogen and oxygen atoms in total. The maximum absolute atomic E-state index is 15.0. The maximum Gasteiger partial charge on any atom is 0.337 e. The van der Waals surface area contributed by atoms with Gasteiger partial charge in [-0.05, 0) is 48.0 Å². The zero-order valence-corrected chi connectivity index (χ0v) is 26.5. The fourth-order valence-corrected chi connectivity index (χ4v) is 4.89. The number of halogens is 2. The fourth-order valence-electron chi connectivity index (χ4n) is 4.64. The summed E-state index contributed by atoms with van der Waals surface area (Å²) in [5, 5.41) is 40.0. The third-order valence-corrected chi connectivity index (χ3v) is 7.50. The first-order chi connectivity index (χ1) is 24.6. The molecule has 256 valence electrons. The number of carbonyl (C=O) groups is 4. The quantitative estimate of drug-likeness (QED) is 0.141. The Bertz CT molecular complexity index is 2090. The summed E-state index contributed by atoms with van der Waals surface area (Å²) in [5.41, 5.74) is -1.16. The molecule has 2 amide bonds. The number of anilines is 2. The second-order valence-corrected chi connectivity index (χ2v) is 10.8. The van der Waals surface area contributed by atoms with E-state index in [-0.39, 0.29) is 46.4 Å². The molecule has 4 N–H and O–H groups in total. The molecule has 0 radical (unpaired) electrons. The molecule has 51 heavy (non-hydrogen) atoms. The van der Waals surface area contributed by atoms with Gasteiger partial charge in [-0.2, -0.15) is 0 Å². The lowest BCUT2D eigenvalue weighted by Gasteiger charge is -2.15. The lowest BCUT2D eigenvalue weighted by molar-refractivity contribution is 0.0686. The van der Waals surface area contributed by atoms with Crippen LogP contribution in [0.2, 0.25) is 5.02 Å². The van der Waals surface area contributed by atoms with Crippen LogP contribution in [0.25, 0.3) is 11.6 Å². The fraction of sp³-hybridized carbons (Fsp3) is 0.0625. The van der Waals surface area contributed by atoms with Gasteiger partial charge in [-0.3, -0.25) is 18.7 Å². The van der Waals surface area contributed by atoms with E-state index in [0.29, 0.717) is 23.3 Å². The van der Waals surface area contributed by atoms with Gasteiger partial charge in [0.15, 0.2) is 34.6 Å². The summed E-state index contributed by atoms with van der Waals surface area (Å²) in [6.07, 6.45) is 9.31. The van der Waals surface area contributed by atoms with Gasteiger partial charge in [0, 0.05) is 42.3 Å². The Morgan fingerprint density at radius 3 is 1.75 bits per heavy atom. The molecule has 0 unspecified atom stereocenters. The summed E-state index contributed by atoms with van der Waals surface area (Å²) in [6.45, 7) is -0.237. The minimum atomic E-state index is -1.52. The molecular formula is C32H22ClFN10O7. The van der Waals surface area contributed by atoms with Crippen molar-refractivity contribution >= 4 is 46.7 Å². The predicted octanol–water partition coefficient (Wildman–Crippen LogP) is 3.95. The molecule has 0 bridgehead atoms. The molecule has 0 fully saturated rings. The van der Waals surface area contributed by atoms with Crippen LogP contribution in [-0.2, 0) is 6.42 Å². The first-order valence-electron chi connectivity index (χ1n) is 14.6. The van der Waals surface area contributed by atoms with E-state index in [1.54, 1.807) is 27.7 Å². The van der Waals surface area contributed by atoms with Crippen molar-refractivity contribution in [2.24, 2.45) is 0 Å². The number of carboxylic acid groups (broad SMARTS) is 2. The lowest BCUT2D eigenvalue weighted by atomic mass is 10.1. The standard InChI is InChI=1S/C32H22ClFN10O7/c33-20-12-18(31(47)48)24(37-29(45)22-1-3-27(41-39-22)43-8-6-35-15-43)11-17(20)5-10-51-26-14-25(19(32(49)50)13-21(26)34)38-30(46)23-2-4-28(42-40-23)44-9-7-36-16-44/h1-4,6-9,11-16H,5,10H2,(H,37,45)(H,38,46)(H,47,48)(H,49,50). The highest BCUT2D eigenvalue weighted by molar-refractivity contribution is 6.32. The number of ether oxygens (including phenoxy) is 1. The van der Waals surface area contributed by atoms with Gasteiger partial charge in [0.25, 0.3) is 11.8 Å². The third kappa shape index (κ3) is 7.65. The molecule has 6 rings (SSSR count). The molecule has 19 heteroatoms. The maximum atomic E-state index is 15.0. The molecule has 6 aromatic rings. The molecule has 0 saturated heterocycles. The van der Waals surface area contributed by atoms with Crippen molar-refractivity contribution in [3.05, 3.63) is 125 Å². The van der Waals surface area contributed by atoms with Gasteiger partial charge in [0.2, 0.25) is 0 Å². The van der Waals surface area contributed by atoms with E-state index >= 15 is 0 Å². The first kappa shape index (κ1) is 33.8. The average Bonchev–Trinajstić information content (AvgIpc) is 3.86. The van der Waals surface area contributed by atoms with Crippen LogP contribution in [0.4, 0.5) is 15.8 Å². The van der Waals surface area contributed by atoms with Gasteiger partial charge in [0.05, 0.1) is 29.1 Å². The zero-order valence-electron chi connectivity index (χ0n) is 25.8. The van der Waals surface area contributed by atoms with E-state index < -0.39 is 40.9 Å². The van der Waals surface area contributed by atoms with Crippen LogP contribution in [0.1, 0.15) is 47.3 Å². The number of nitrogens with zero attached hydrogens (tertiary/aromatic N) is 8. The van der Waals surface area contributed by atoms with E-state index in [0.717, 1.165) is 12.1 Å². The summed E-state index contributed by atoms with van der Waals surface area (Å²) in [5.74, 6) is -5.10. The number of aromatic nitrogens is 8. The highest BCUT2D eigenvalue weighted by Crippen LogP contribution is 2.29. The van der Waals surface area contributed by atoms with Crippen LogP contribution in [0, 0.1) is 5.82 Å². The van der Waals surface area contributed by atoms with E-state index in [1.165, 1.54) is 49.2 Å². The van der Waals surface area contributed by atoms with Crippen molar-refractivity contribution in [2.75, 3.05) is 17.2 Å². The van der Waals surface area contributed by atoms with Crippen molar-refractivity contribution in [1.29, 1.82) is 0 Å². The Labute approximate surface area is 290 Å². The van der Waals surface area contributed by atoms with Gasteiger partial charge >= 0.3 is 11.9 Å². The van der Waals surface area contributed by atoms with E-state index in [1.807, 2.05) is 0 Å². The van der Waals surface area contributed by atoms with Crippen LogP contribution in [0.15, 0.2) is 86.0 Å². The van der Waals surface area contributed by atoms with Gasteiger partial charge in [0.1, 0.15) is 12.7 Å². The van der Waals surface area contributed by atoms with Gasteiger partial charge in [-0.25, -0.2) is 23.9 Å². The third-order valence-electron chi connectivity index (χ3n) is 7.15. The minimum Gasteiger partial charge on any atom is -0.490 e. The second-order valence-electron chi connectivity index (χ2n) is 10.4. The molecule has 0 atom stereocenters. The number of amides is 2. The van der Waals surface area contributed by atoms with Crippen LogP contribution < -0.4 is 15.4 Å². The highest BCUT2D eigenvalue weighted by Gasteiger charge is 2.21. The van der Waals surface area contributed by atoms with E-state index in [9.17, 15) is 33.8 Å². The predicted molar refractivity (Wildman–Crippen MR) is 175 cm³/mol. The number of hydrogen-bond acceptors (Lipinski definition) is 11. The van der Waals surface area contributed by atoms with Crippen molar-refractivity contribution in [3.63, 3.8) is 0 Å². The normalized spacial score (nSPS) is 10.8. The van der Waals surface area contributed by atoms with Gasteiger partial charge in [-0.1, -0.05) is 11.6 Å². The first-order valence-corrected chi connectivity index (χ1v) is 15.0. The van der Waals surface area contributed by atoms with Crippen LogP contribution in [0.3, 0.4) is 0 Å². The summed E-state index contributed by atoms with van der Waals surface area (Å²) >= 11 is 6.35. The Morgan fingerprint density at radius 1 is 0.745 bits per heavy atom. The molecule has 2 aromatic carbocycles. The number of rotatable bonds is 12. The minimum absolute atomic E-state index is 0.0122. The zero-order chi connectivity index (χ0) is 36.1. The molecular weight excluding hydrogens is 691 g/mol. The SMILES string of the molecule is O=C(Nc1cc(OCCc2cc(NC(=O)c3ccc(-n4ccnc4)nn3)c(C(=O)O)cc2Cl)c(F)cc1C(=O)O)c1ccc(-n2ccnc2)nn1. The summed E-state index contributed by atoms with van der Waals surface area (Å²) in [7, 11) is 0. The summed E-state index contributed by atoms with van der Waals surface area (Å²) < 4.78 is 23.7. The Morgan fingerprint density at radius 2 is 1.27 bits per heavy atom. The lowest BCUT2D eigenvalue weighted by Crippen LogP contribution is -2.18. The molecule has 4 aromatic heterocycles. The highest BCUT2D eigenvalue weighted by atomic mass is 35.5. The van der Waals surface area contributed by atoms with E-state index in [4.69, 9.17) is 16.3 Å². The molecule has 0 aliphatic rings. The van der Waals surface area contributed by atoms with Crippen molar-refractivity contribution in [2.45, 2.75) is 6.42 Å². The number of hydrogen-bond donors (Lipinski definition) is 4. The molecule has 0 aliphatic heterocycles. The van der Waals surface area contributed by atoms with Crippen molar-refractivity contribution in [1.82, 2.24) is 39.5 Å². The van der Waals surface area contributed by atoms with Gasteiger partial charge < -0.3 is 25.6 Å². The number of imidazole rings is 2. The second kappa shape index (κ2) is 14.6. The Hall–Kier alpha value is -7.08. The molecule has 4 heterocycles. The Balaban J connectivity index is 1.16. The smallest absolute Gasteiger partial charge is 0.337 e. The van der Waals surface area contributed by atoms with E-state index in [2.05, 4.69) is 41.0 Å². The molecule has 0 saturated carbocycles. The van der Waals surface area contributed by atoms with Gasteiger partial charge in [-0.15, -0.1) is 20.4 Å². The number of benzene rings is 2. The topological polar surface area (TPSA) is 229 Å². The van der Waals surface area contributed by atoms with Crippen molar-refractivity contribution < 1.29 is 38.5 Å². The summed E-state index contributed by atoms with van der Waals surface area (Å²) in [6, 6.07) is 9.95. The number of aromatic carboxylic acids is 2. The summed E-state index contributed by atoms with van der Waals surface area (Å²) in [4.78, 5) is 57.5. The number of nitrogens with one attached hydrogen (secondary N) is 2. The molecule has 0 spiro atoms. The average molecular weight is 713 g/mol. The largest absolute Gasteiger partial charge is 0.490 e. The van der Waals surface area contributed by atoms with Crippen molar-refractivity contribution in [3.8, 4) is 17.4 Å².